The molecule has 2 saturated heterocycles. The van der Waals surface area contributed by atoms with Crippen molar-refractivity contribution in [1.82, 2.24) is 0 Å². The molecule has 0 radical (unpaired) electrons. The normalized spacial score (nSPS) is 29.2. The average Bonchev–Trinajstić information content (AvgIpc) is 3.31. The summed E-state index contributed by atoms with van der Waals surface area (Å²) in [4.78, 5) is 3.38. The molecule has 2 N–H and O–H groups in total. The van der Waals surface area contributed by atoms with E-state index in [4.69, 9.17) is 0 Å². The van der Waals surface area contributed by atoms with Crippen molar-refractivity contribution >= 4 is 0 Å². The monoisotopic (exact) mass is 382 g/mol. The van der Waals surface area contributed by atoms with Crippen LogP contribution >= 0.6 is 0 Å². The van der Waals surface area contributed by atoms with E-state index in [1.54, 1.807) is 20.9 Å². The van der Waals surface area contributed by atoms with E-state index in [0.717, 1.165) is 11.8 Å². The molecule has 0 aliphatic carbocycles. The summed E-state index contributed by atoms with van der Waals surface area (Å²) >= 11 is 0. The fourth-order valence-corrected chi connectivity index (χ4v) is 4.21. The Hall–Kier alpha value is -0.861. The van der Waals surface area contributed by atoms with E-state index in [1.165, 1.54) is 51.9 Å². The predicted molar refractivity (Wildman–Crippen MR) is 101 cm³/mol. The van der Waals surface area contributed by atoms with Gasteiger partial charge in [0.1, 0.15) is 0 Å². The number of quaternary nitrogens is 2. The minimum Gasteiger partial charge on any atom is -0.748 e. The molecule has 2 aliphatic rings. The van der Waals surface area contributed by atoms with Crippen LogP contribution in [0.4, 0.5) is 0 Å². The molecule has 2 aromatic rings. The summed E-state index contributed by atoms with van der Waals surface area (Å²) in [6.45, 7) is 5.37. The molecule has 0 bridgehead atoms. The van der Waals surface area contributed by atoms with Gasteiger partial charge in [-0.25, -0.2) is 12.1 Å². The molecule has 0 unspecified atom stereocenters. The zero-order chi connectivity index (χ0) is 16.8. The van der Waals surface area contributed by atoms with Crippen molar-refractivity contribution in [1.29, 1.82) is 0 Å². The molecule has 2 aliphatic heterocycles. The maximum absolute atomic E-state index is 2.29. The van der Waals surface area contributed by atoms with Crippen LogP contribution < -0.4 is 9.80 Å². The van der Waals surface area contributed by atoms with Crippen molar-refractivity contribution in [3.63, 3.8) is 0 Å². The Bertz CT molecular complexity index is 493. The summed E-state index contributed by atoms with van der Waals surface area (Å²) < 4.78 is 0. The molecule has 3 heteroatoms. The van der Waals surface area contributed by atoms with Gasteiger partial charge in [0.2, 0.25) is 0 Å². The van der Waals surface area contributed by atoms with Crippen molar-refractivity contribution < 1.29 is 26.9 Å². The van der Waals surface area contributed by atoms with Crippen LogP contribution in [-0.2, 0) is 17.1 Å². The number of nitrogens with one attached hydrogen (secondary N) is 2. The Balaban J connectivity index is 0.000000173. The third-order valence-corrected chi connectivity index (χ3v) is 6.00. The van der Waals surface area contributed by atoms with Gasteiger partial charge in [0.15, 0.2) is 0 Å². The molecule has 0 atom stereocenters. The minimum absolute atomic E-state index is 0. The van der Waals surface area contributed by atoms with E-state index in [9.17, 15) is 0 Å². The molecule has 25 heavy (non-hydrogen) atoms. The molecule has 2 aromatic carbocycles. The van der Waals surface area contributed by atoms with Crippen LogP contribution in [0.5, 0.6) is 0 Å². The van der Waals surface area contributed by atoms with Crippen molar-refractivity contribution in [3.05, 3.63) is 59.7 Å². The first kappa shape index (κ1) is 20.5. The summed E-state index contributed by atoms with van der Waals surface area (Å²) in [7, 11) is 4.59. The van der Waals surface area contributed by atoms with Gasteiger partial charge in [0, 0.05) is 17.1 Å². The molecule has 0 saturated carbocycles. The van der Waals surface area contributed by atoms with E-state index in [0.29, 0.717) is 0 Å². The number of likely N-dealkylation sites (tertiary alicyclic amines) is 2. The molecule has 2 nitrogen and oxygen atoms in total. The second-order valence-corrected chi connectivity index (χ2v) is 7.90. The summed E-state index contributed by atoms with van der Waals surface area (Å²) in [6, 6.07) is 17.7. The van der Waals surface area contributed by atoms with E-state index in [-0.39, 0.29) is 17.1 Å². The van der Waals surface area contributed by atoms with E-state index in [1.807, 2.05) is 0 Å². The van der Waals surface area contributed by atoms with Crippen molar-refractivity contribution in [3.8, 4) is 0 Å². The summed E-state index contributed by atoms with van der Waals surface area (Å²) in [5.41, 5.74) is 3.12. The first-order valence-corrected chi connectivity index (χ1v) is 9.78. The SMILES string of the molecule is C[NH+]1CCC([c-]2[cH-][cH-][cH-][cH-]2)CC1.C[NH+]1CCC([c-]2cccc2)CC1.[Fe]. The third kappa shape index (κ3) is 6.11. The van der Waals surface area contributed by atoms with Crippen LogP contribution in [0, 0.1) is 0 Å². The van der Waals surface area contributed by atoms with Crippen LogP contribution in [0.2, 0.25) is 0 Å². The molecular weight excluding hydrogens is 348 g/mol. The fraction of sp³-hybridized carbons (Fsp3) is 0.545. The fourth-order valence-electron chi connectivity index (χ4n) is 4.21. The van der Waals surface area contributed by atoms with Crippen LogP contribution in [-0.4, -0.2) is 40.3 Å². The van der Waals surface area contributed by atoms with Crippen LogP contribution in [0.1, 0.15) is 48.6 Å². The van der Waals surface area contributed by atoms with Gasteiger partial charge >= 0.3 is 0 Å². The molecule has 2 fully saturated rings. The summed E-state index contributed by atoms with van der Waals surface area (Å²) in [6.07, 6.45) is 5.48. The maximum Gasteiger partial charge on any atom is 0.0764 e. The second-order valence-electron chi connectivity index (χ2n) is 7.90. The van der Waals surface area contributed by atoms with E-state index < -0.39 is 0 Å². The Morgan fingerprint density at radius 3 is 1.68 bits per heavy atom. The van der Waals surface area contributed by atoms with Crippen LogP contribution in [0.3, 0.4) is 0 Å². The van der Waals surface area contributed by atoms with E-state index >= 15 is 0 Å². The quantitative estimate of drug-likeness (QED) is 0.577. The van der Waals surface area contributed by atoms with Gasteiger partial charge in [-0.15, -0.1) is 0 Å². The van der Waals surface area contributed by atoms with Gasteiger partial charge < -0.3 is 39.6 Å². The Kier molecular flexibility index (Phi) is 8.45. The zero-order valence-electron chi connectivity index (χ0n) is 15.8. The molecule has 4 rings (SSSR count). The van der Waals surface area contributed by atoms with Crippen molar-refractivity contribution in [2.45, 2.75) is 37.5 Å². The number of piperidine rings is 2. The van der Waals surface area contributed by atoms with E-state index in [2.05, 4.69) is 62.6 Å². The van der Waals surface area contributed by atoms with Crippen LogP contribution in [0.25, 0.3) is 0 Å². The molecule has 144 valence electrons. The first-order chi connectivity index (χ1) is 11.7. The topological polar surface area (TPSA) is 8.88 Å². The predicted octanol–water partition coefficient (Wildman–Crippen LogP) is 1.59. The molecule has 0 aromatic heterocycles. The average molecular weight is 382 g/mol. The van der Waals surface area contributed by atoms with Gasteiger partial charge in [-0.3, -0.25) is 0 Å². The summed E-state index contributed by atoms with van der Waals surface area (Å²) in [5.74, 6) is 1.70. The Labute approximate surface area is 164 Å². The minimum atomic E-state index is 0. The van der Waals surface area contributed by atoms with Crippen molar-refractivity contribution in [2.24, 2.45) is 0 Å². The first-order valence-electron chi connectivity index (χ1n) is 9.78. The van der Waals surface area contributed by atoms with Crippen molar-refractivity contribution in [2.75, 3.05) is 40.3 Å². The largest absolute Gasteiger partial charge is 0.748 e. The third-order valence-electron chi connectivity index (χ3n) is 6.00. The zero-order valence-corrected chi connectivity index (χ0v) is 16.9. The van der Waals surface area contributed by atoms with Gasteiger partial charge in [-0.1, -0.05) is 5.92 Å². The number of rotatable bonds is 2. The van der Waals surface area contributed by atoms with Gasteiger partial charge in [0.05, 0.1) is 40.3 Å². The number of hydrogen-bond acceptors (Lipinski definition) is 0. The molecule has 0 amide bonds. The second kappa shape index (κ2) is 10.3. The summed E-state index contributed by atoms with van der Waals surface area (Å²) in [5, 5.41) is 0. The smallest absolute Gasteiger partial charge is 0.0764 e. The number of hydrogen-bond donors (Lipinski definition) is 2. The van der Waals surface area contributed by atoms with Gasteiger partial charge in [-0.05, 0) is 25.7 Å². The molecule has 0 spiro atoms. The van der Waals surface area contributed by atoms with Gasteiger partial charge in [0.25, 0.3) is 0 Å². The maximum atomic E-state index is 2.29. The standard InChI is InChI=1S/2C11H16N.Fe/c2*1-12-8-6-11(7-9-12)10-4-2-3-5-10;/h2*2-5,11H,6-9H2,1H3;/q-5;-1;/p+2. The van der Waals surface area contributed by atoms with Gasteiger partial charge in [-0.2, -0.15) is 23.6 Å². The Morgan fingerprint density at radius 1 is 0.760 bits per heavy atom. The molecular formula is C22H34FeN2-4. The molecule has 2 heterocycles. The van der Waals surface area contributed by atoms with Crippen LogP contribution in [0.15, 0.2) is 48.5 Å². The Morgan fingerprint density at radius 2 is 1.20 bits per heavy atom.